The number of primary amides is 1. The molecule has 2 atom stereocenters. The van der Waals surface area contributed by atoms with Crippen LogP contribution >= 0.6 is 0 Å². The van der Waals surface area contributed by atoms with E-state index in [0.717, 1.165) is 19.4 Å². The summed E-state index contributed by atoms with van der Waals surface area (Å²) < 4.78 is 0. The van der Waals surface area contributed by atoms with Crippen molar-refractivity contribution in [2.45, 2.75) is 26.7 Å². The Morgan fingerprint density at radius 3 is 2.57 bits per heavy atom. The summed E-state index contributed by atoms with van der Waals surface area (Å²) in [6.45, 7) is 5.60. The van der Waals surface area contributed by atoms with Crippen LogP contribution < -0.4 is 11.1 Å². The van der Waals surface area contributed by atoms with Crippen LogP contribution in [0.25, 0.3) is 0 Å². The Hall–Kier alpha value is -0.610. The summed E-state index contributed by atoms with van der Waals surface area (Å²) in [4.78, 5) is 10.7. The van der Waals surface area contributed by atoms with Gasteiger partial charge in [-0.2, -0.15) is 0 Å². The number of amides is 1. The number of hydrogen-bond acceptors (Lipinski definition) is 3. The first-order chi connectivity index (χ1) is 6.61. The van der Waals surface area contributed by atoms with Crippen LogP contribution in [0, 0.1) is 11.8 Å². The van der Waals surface area contributed by atoms with E-state index in [-0.39, 0.29) is 18.4 Å². The zero-order chi connectivity index (χ0) is 11.0. The largest absolute Gasteiger partial charge is 0.396 e. The summed E-state index contributed by atoms with van der Waals surface area (Å²) in [5.74, 6) is 0.0921. The smallest absolute Gasteiger partial charge is 0.221 e. The van der Waals surface area contributed by atoms with Gasteiger partial charge in [0.15, 0.2) is 0 Å². The highest BCUT2D eigenvalue weighted by Gasteiger charge is 2.09. The molecular formula is C10H22N2O2. The molecule has 0 aromatic carbocycles. The summed E-state index contributed by atoms with van der Waals surface area (Å²) in [6, 6.07) is 0. The quantitative estimate of drug-likeness (QED) is 0.523. The molecule has 0 rings (SSSR count). The molecule has 4 N–H and O–H groups in total. The van der Waals surface area contributed by atoms with Gasteiger partial charge in [-0.15, -0.1) is 0 Å². The van der Waals surface area contributed by atoms with E-state index in [1.54, 1.807) is 0 Å². The van der Waals surface area contributed by atoms with Gasteiger partial charge >= 0.3 is 0 Å². The van der Waals surface area contributed by atoms with Gasteiger partial charge in [0, 0.05) is 19.1 Å². The number of hydrogen-bond donors (Lipinski definition) is 3. The molecule has 0 bridgehead atoms. The van der Waals surface area contributed by atoms with Crippen molar-refractivity contribution in [2.75, 3.05) is 19.7 Å². The molecule has 1 amide bonds. The van der Waals surface area contributed by atoms with Gasteiger partial charge in [-0.05, 0) is 18.9 Å². The molecule has 0 fully saturated rings. The van der Waals surface area contributed by atoms with Crippen LogP contribution in [0.2, 0.25) is 0 Å². The van der Waals surface area contributed by atoms with E-state index in [4.69, 9.17) is 10.8 Å². The number of aliphatic hydroxyl groups is 1. The van der Waals surface area contributed by atoms with E-state index in [0.29, 0.717) is 12.5 Å². The average molecular weight is 202 g/mol. The van der Waals surface area contributed by atoms with E-state index >= 15 is 0 Å². The van der Waals surface area contributed by atoms with E-state index in [1.807, 2.05) is 6.92 Å². The van der Waals surface area contributed by atoms with Crippen LogP contribution in [0.5, 0.6) is 0 Å². The molecule has 0 radical (unpaired) electrons. The van der Waals surface area contributed by atoms with Crippen LogP contribution in [-0.4, -0.2) is 30.7 Å². The second-order valence-electron chi connectivity index (χ2n) is 3.75. The second-order valence-corrected chi connectivity index (χ2v) is 3.75. The van der Waals surface area contributed by atoms with Crippen LogP contribution in [0.3, 0.4) is 0 Å². The zero-order valence-electron chi connectivity index (χ0n) is 9.12. The lowest BCUT2D eigenvalue weighted by Gasteiger charge is -2.15. The monoisotopic (exact) mass is 202 g/mol. The fraction of sp³-hybridized carbons (Fsp3) is 0.900. The predicted octanol–water partition coefficient (Wildman–Crippen LogP) is 0.106. The average Bonchev–Trinajstić information content (AvgIpc) is 2.16. The molecule has 0 aliphatic heterocycles. The van der Waals surface area contributed by atoms with Gasteiger partial charge in [-0.3, -0.25) is 4.79 Å². The van der Waals surface area contributed by atoms with Crippen LogP contribution in [0.15, 0.2) is 0 Å². The minimum absolute atomic E-state index is 0.123. The molecule has 0 aliphatic carbocycles. The van der Waals surface area contributed by atoms with Gasteiger partial charge in [0.2, 0.25) is 5.91 Å². The molecule has 14 heavy (non-hydrogen) atoms. The van der Waals surface area contributed by atoms with Gasteiger partial charge in [-0.1, -0.05) is 20.3 Å². The highest BCUT2D eigenvalue weighted by molar-refractivity contribution is 5.76. The Bertz CT molecular complexity index is 162. The minimum Gasteiger partial charge on any atom is -0.396 e. The van der Waals surface area contributed by atoms with Crippen molar-refractivity contribution < 1.29 is 9.90 Å². The molecule has 2 unspecified atom stereocenters. The van der Waals surface area contributed by atoms with Crippen molar-refractivity contribution in [3.8, 4) is 0 Å². The third-order valence-corrected chi connectivity index (χ3v) is 2.48. The molecule has 0 spiro atoms. The Balaban J connectivity index is 3.55. The van der Waals surface area contributed by atoms with Crippen molar-refractivity contribution in [1.29, 1.82) is 0 Å². The summed E-state index contributed by atoms with van der Waals surface area (Å²) in [5, 5.41) is 12.0. The van der Waals surface area contributed by atoms with Crippen molar-refractivity contribution in [3.63, 3.8) is 0 Å². The molecule has 4 heteroatoms. The SMILES string of the molecule is CCC(CCO)CNCC(C)C(N)=O. The molecule has 0 aromatic rings. The van der Waals surface area contributed by atoms with E-state index < -0.39 is 0 Å². The van der Waals surface area contributed by atoms with Crippen LogP contribution in [0.4, 0.5) is 0 Å². The Labute approximate surface area is 85.9 Å². The molecule has 0 saturated carbocycles. The first-order valence-electron chi connectivity index (χ1n) is 5.22. The molecule has 0 aromatic heterocycles. The number of carbonyl (C=O) groups is 1. The number of aliphatic hydroxyl groups excluding tert-OH is 1. The van der Waals surface area contributed by atoms with Gasteiger partial charge < -0.3 is 16.2 Å². The summed E-state index contributed by atoms with van der Waals surface area (Å²) in [7, 11) is 0. The normalized spacial score (nSPS) is 15.1. The molecule has 0 aliphatic rings. The molecule has 84 valence electrons. The summed E-state index contributed by atoms with van der Waals surface area (Å²) >= 11 is 0. The van der Waals surface area contributed by atoms with Gasteiger partial charge in [0.25, 0.3) is 0 Å². The second kappa shape index (κ2) is 7.76. The standard InChI is InChI=1S/C10H22N2O2/c1-3-9(4-5-13)7-12-6-8(2)10(11)14/h8-9,12-13H,3-7H2,1-2H3,(H2,11,14). The van der Waals surface area contributed by atoms with Crippen LogP contribution in [0.1, 0.15) is 26.7 Å². The van der Waals surface area contributed by atoms with Crippen molar-refractivity contribution in [3.05, 3.63) is 0 Å². The zero-order valence-corrected chi connectivity index (χ0v) is 9.12. The lowest BCUT2D eigenvalue weighted by atomic mass is 10.0. The molecular weight excluding hydrogens is 180 g/mol. The highest BCUT2D eigenvalue weighted by Crippen LogP contribution is 2.05. The van der Waals surface area contributed by atoms with Gasteiger partial charge in [0.1, 0.15) is 0 Å². The third-order valence-electron chi connectivity index (χ3n) is 2.48. The van der Waals surface area contributed by atoms with Gasteiger partial charge in [-0.25, -0.2) is 0 Å². The Kier molecular flexibility index (Phi) is 7.42. The molecule has 0 saturated heterocycles. The minimum atomic E-state index is -0.271. The van der Waals surface area contributed by atoms with Crippen LogP contribution in [-0.2, 0) is 4.79 Å². The van der Waals surface area contributed by atoms with Crippen molar-refractivity contribution in [1.82, 2.24) is 5.32 Å². The van der Waals surface area contributed by atoms with Gasteiger partial charge in [0.05, 0.1) is 0 Å². The van der Waals surface area contributed by atoms with E-state index in [1.165, 1.54) is 0 Å². The predicted molar refractivity (Wildman–Crippen MR) is 56.7 cm³/mol. The summed E-state index contributed by atoms with van der Waals surface area (Å²) in [6.07, 6.45) is 1.85. The third kappa shape index (κ3) is 5.94. The van der Waals surface area contributed by atoms with Crippen molar-refractivity contribution in [2.24, 2.45) is 17.6 Å². The van der Waals surface area contributed by atoms with Crippen molar-refractivity contribution >= 4 is 5.91 Å². The molecule has 0 heterocycles. The maximum atomic E-state index is 10.7. The summed E-state index contributed by atoms with van der Waals surface area (Å²) in [5.41, 5.74) is 5.13. The first kappa shape index (κ1) is 13.4. The van der Waals surface area contributed by atoms with E-state index in [9.17, 15) is 4.79 Å². The number of carbonyl (C=O) groups excluding carboxylic acids is 1. The lowest BCUT2D eigenvalue weighted by molar-refractivity contribution is -0.121. The number of nitrogens with two attached hydrogens (primary N) is 1. The lowest BCUT2D eigenvalue weighted by Crippen LogP contribution is -2.33. The maximum Gasteiger partial charge on any atom is 0.221 e. The fourth-order valence-corrected chi connectivity index (χ4v) is 1.24. The Morgan fingerprint density at radius 2 is 2.14 bits per heavy atom. The topological polar surface area (TPSA) is 75.3 Å². The number of nitrogens with one attached hydrogen (secondary N) is 1. The maximum absolute atomic E-state index is 10.7. The number of rotatable bonds is 8. The van der Waals surface area contributed by atoms with E-state index in [2.05, 4.69) is 12.2 Å². The Morgan fingerprint density at radius 1 is 1.50 bits per heavy atom. The highest BCUT2D eigenvalue weighted by atomic mass is 16.3. The molecule has 4 nitrogen and oxygen atoms in total. The fourth-order valence-electron chi connectivity index (χ4n) is 1.24. The first-order valence-corrected chi connectivity index (χ1v) is 5.22.